The van der Waals surface area contributed by atoms with Gasteiger partial charge in [-0.2, -0.15) is 22.0 Å². The van der Waals surface area contributed by atoms with E-state index in [0.717, 1.165) is 23.8 Å². The van der Waals surface area contributed by atoms with E-state index in [1.807, 2.05) is 0 Å². The molecular formula is C15H12BrF6N5O. The second kappa shape index (κ2) is 6.94. The number of nitrogens with zero attached hydrogens (tertiary/aromatic N) is 5. The summed E-state index contributed by atoms with van der Waals surface area (Å²) in [5.74, 6) is -2.45. The molecule has 2 aromatic rings. The molecule has 0 amide bonds. The van der Waals surface area contributed by atoms with E-state index in [9.17, 15) is 26.3 Å². The van der Waals surface area contributed by atoms with Crippen molar-refractivity contribution in [1.82, 2.24) is 19.7 Å². The van der Waals surface area contributed by atoms with Gasteiger partial charge in [-0.05, 0) is 35.9 Å². The maximum atomic E-state index is 14.2. The molecule has 0 bridgehead atoms. The smallest absolute Gasteiger partial charge is 0.425 e. The molecule has 0 aliphatic carbocycles. The quantitative estimate of drug-likeness (QED) is 0.482. The van der Waals surface area contributed by atoms with Crippen LogP contribution in [0.25, 0.3) is 6.08 Å². The molecule has 1 aliphatic heterocycles. The summed E-state index contributed by atoms with van der Waals surface area (Å²) >= 11 is 2.23. The highest BCUT2D eigenvalue weighted by atomic mass is 79.9. The van der Waals surface area contributed by atoms with E-state index in [0.29, 0.717) is 0 Å². The van der Waals surface area contributed by atoms with Gasteiger partial charge in [0.2, 0.25) is 5.82 Å². The summed E-state index contributed by atoms with van der Waals surface area (Å²) in [5.41, 5.74) is 0.108. The average Bonchev–Trinajstić information content (AvgIpc) is 3.01. The Kier molecular flexibility index (Phi) is 5.06. The van der Waals surface area contributed by atoms with E-state index in [-0.39, 0.29) is 11.5 Å². The molecular weight excluding hydrogens is 460 g/mol. The summed E-state index contributed by atoms with van der Waals surface area (Å²) in [4.78, 5) is 1.52. The molecule has 3 rings (SSSR count). The summed E-state index contributed by atoms with van der Waals surface area (Å²) in [5, 5.41) is 7.12. The van der Waals surface area contributed by atoms with Crippen molar-refractivity contribution in [3.8, 4) is 5.88 Å². The molecule has 0 N–H and O–H groups in total. The number of rotatable bonds is 4. The predicted molar refractivity (Wildman–Crippen MR) is 89.4 cm³/mol. The molecule has 0 saturated carbocycles. The van der Waals surface area contributed by atoms with E-state index in [2.05, 4.69) is 35.8 Å². The molecule has 2 aromatic heterocycles. The van der Waals surface area contributed by atoms with Gasteiger partial charge in [0.25, 0.3) is 5.88 Å². The minimum absolute atomic E-state index is 0.108. The zero-order chi connectivity index (χ0) is 20.9. The molecule has 0 saturated heterocycles. The Morgan fingerprint density at radius 1 is 1.21 bits per heavy atom. The van der Waals surface area contributed by atoms with Crippen LogP contribution >= 0.6 is 15.9 Å². The van der Waals surface area contributed by atoms with E-state index < -0.39 is 40.8 Å². The minimum Gasteiger partial charge on any atom is -0.463 e. The van der Waals surface area contributed by atoms with Crippen LogP contribution in [0.3, 0.4) is 0 Å². The molecule has 152 valence electrons. The fourth-order valence-corrected chi connectivity index (χ4v) is 2.82. The minimum atomic E-state index is -4.68. The fraction of sp³-hybridized carbons (Fsp3) is 0.400. The summed E-state index contributed by atoms with van der Waals surface area (Å²) in [6.07, 6.45) is -3.83. The van der Waals surface area contributed by atoms with Crippen LogP contribution in [-0.2, 0) is 4.83 Å². The molecule has 28 heavy (non-hydrogen) atoms. The highest BCUT2D eigenvalue weighted by Gasteiger charge is 2.40. The van der Waals surface area contributed by atoms with Crippen molar-refractivity contribution in [2.45, 2.75) is 37.1 Å². The van der Waals surface area contributed by atoms with Crippen LogP contribution in [0.15, 0.2) is 18.5 Å². The number of alkyl halides is 6. The normalized spacial score (nSPS) is 18.2. The first-order valence-electron chi connectivity index (χ1n) is 7.77. The van der Waals surface area contributed by atoms with E-state index in [4.69, 9.17) is 0 Å². The van der Waals surface area contributed by atoms with Crippen molar-refractivity contribution in [2.24, 2.45) is 0 Å². The lowest BCUT2D eigenvalue weighted by Crippen LogP contribution is -2.33. The monoisotopic (exact) mass is 471 g/mol. The van der Waals surface area contributed by atoms with Gasteiger partial charge < -0.3 is 9.64 Å². The number of ether oxygens (including phenoxy) is 1. The van der Waals surface area contributed by atoms with Gasteiger partial charge in [0, 0.05) is 12.3 Å². The number of fused-ring (bicyclic) bond motifs is 1. The second-order valence-corrected chi connectivity index (χ2v) is 6.88. The van der Waals surface area contributed by atoms with Crippen molar-refractivity contribution in [1.29, 1.82) is 0 Å². The third-order valence-corrected chi connectivity index (χ3v) is 4.33. The topological polar surface area (TPSA) is 56.1 Å². The van der Waals surface area contributed by atoms with Crippen LogP contribution in [0.5, 0.6) is 5.88 Å². The van der Waals surface area contributed by atoms with Crippen LogP contribution in [-0.4, -0.2) is 32.0 Å². The Balaban J connectivity index is 1.89. The molecule has 2 atom stereocenters. The van der Waals surface area contributed by atoms with Crippen LogP contribution in [0.4, 0.5) is 32.0 Å². The molecule has 0 aromatic carbocycles. The Hall–Kier alpha value is -2.31. The highest BCUT2D eigenvalue weighted by Crippen LogP contribution is 2.38. The SMILES string of the molecule is CC1N(c2cnc(O[C@@H](C)C(F)(F)F)c(F)c2)C=Cc2nnc(C(F)(F)Br)n21. The number of anilines is 1. The maximum absolute atomic E-state index is 14.2. The first-order valence-corrected chi connectivity index (χ1v) is 8.56. The molecule has 0 fully saturated rings. The Morgan fingerprint density at radius 3 is 2.46 bits per heavy atom. The van der Waals surface area contributed by atoms with Gasteiger partial charge in [-0.25, -0.2) is 9.37 Å². The number of aromatic nitrogens is 4. The first kappa shape index (κ1) is 20.4. The van der Waals surface area contributed by atoms with Gasteiger partial charge in [-0.3, -0.25) is 4.57 Å². The Bertz CT molecular complexity index is 909. The second-order valence-electron chi connectivity index (χ2n) is 5.89. The zero-order valence-electron chi connectivity index (χ0n) is 14.3. The Morgan fingerprint density at radius 2 is 1.89 bits per heavy atom. The number of pyridine rings is 1. The van der Waals surface area contributed by atoms with E-state index >= 15 is 0 Å². The lowest BCUT2D eigenvalue weighted by molar-refractivity contribution is -0.190. The summed E-state index contributed by atoms with van der Waals surface area (Å²) in [6, 6.07) is 0.896. The fourth-order valence-electron chi connectivity index (χ4n) is 2.55. The van der Waals surface area contributed by atoms with Crippen LogP contribution in [0.2, 0.25) is 0 Å². The predicted octanol–water partition coefficient (Wildman–Crippen LogP) is 4.60. The largest absolute Gasteiger partial charge is 0.463 e. The molecule has 13 heteroatoms. The molecule has 0 radical (unpaired) electrons. The molecule has 0 spiro atoms. The Labute approximate surface area is 162 Å². The van der Waals surface area contributed by atoms with Gasteiger partial charge in [-0.15, -0.1) is 10.2 Å². The average molecular weight is 472 g/mol. The summed E-state index contributed by atoms with van der Waals surface area (Å²) < 4.78 is 84.9. The third-order valence-electron chi connectivity index (χ3n) is 3.98. The van der Waals surface area contributed by atoms with Gasteiger partial charge in [0.1, 0.15) is 6.17 Å². The number of hydrogen-bond acceptors (Lipinski definition) is 5. The lowest BCUT2D eigenvalue weighted by Gasteiger charge is -2.33. The van der Waals surface area contributed by atoms with Crippen molar-refractivity contribution < 1.29 is 31.1 Å². The van der Waals surface area contributed by atoms with E-state index in [1.165, 1.54) is 24.1 Å². The van der Waals surface area contributed by atoms with Crippen LogP contribution < -0.4 is 9.64 Å². The zero-order valence-corrected chi connectivity index (χ0v) is 15.8. The van der Waals surface area contributed by atoms with Gasteiger partial charge >= 0.3 is 11.0 Å². The van der Waals surface area contributed by atoms with Crippen molar-refractivity contribution in [3.63, 3.8) is 0 Å². The highest BCUT2D eigenvalue weighted by molar-refractivity contribution is 9.09. The van der Waals surface area contributed by atoms with Gasteiger partial charge in [0.15, 0.2) is 17.7 Å². The number of halogens is 7. The standard InChI is InChI=1S/C15H12BrF6N5O/c1-7(15(20,21)22)28-12-10(17)5-9(6-23-12)26-4-3-11-24-25-13(14(16,18)19)27(11)8(26)2/h3-8H,1-2H3/t7-,8?/m0/s1. The van der Waals surface area contributed by atoms with Gasteiger partial charge in [-0.1, -0.05) is 0 Å². The maximum Gasteiger partial charge on any atom is 0.425 e. The summed E-state index contributed by atoms with van der Waals surface area (Å²) in [6.45, 7) is 2.26. The van der Waals surface area contributed by atoms with E-state index in [1.54, 1.807) is 0 Å². The van der Waals surface area contributed by atoms with Crippen LogP contribution in [0.1, 0.15) is 31.7 Å². The van der Waals surface area contributed by atoms with Crippen molar-refractivity contribution >= 4 is 27.7 Å². The third kappa shape index (κ3) is 3.80. The van der Waals surface area contributed by atoms with Gasteiger partial charge in [0.05, 0.1) is 11.9 Å². The summed E-state index contributed by atoms with van der Waals surface area (Å²) in [7, 11) is 0. The van der Waals surface area contributed by atoms with Crippen molar-refractivity contribution in [2.75, 3.05) is 4.90 Å². The lowest BCUT2D eigenvalue weighted by atomic mass is 10.2. The first-order chi connectivity index (χ1) is 12.9. The molecule has 3 heterocycles. The number of hydrogen-bond donors (Lipinski definition) is 0. The van der Waals surface area contributed by atoms with Crippen LogP contribution in [0, 0.1) is 5.82 Å². The molecule has 6 nitrogen and oxygen atoms in total. The van der Waals surface area contributed by atoms with Crippen molar-refractivity contribution in [3.05, 3.63) is 35.9 Å². The molecule has 1 aliphatic rings. The molecule has 1 unspecified atom stereocenters.